The number of anilines is 1. The van der Waals surface area contributed by atoms with Crippen LogP contribution < -0.4 is 5.32 Å². The Balaban J connectivity index is 1.55. The maximum Gasteiger partial charge on any atom is 0.236 e. The van der Waals surface area contributed by atoms with Gasteiger partial charge in [0.25, 0.3) is 0 Å². The molecule has 0 radical (unpaired) electrons. The summed E-state index contributed by atoms with van der Waals surface area (Å²) in [6.07, 6.45) is 1.89. The van der Waals surface area contributed by atoms with E-state index in [1.807, 2.05) is 36.7 Å². The number of aryl methyl sites for hydroxylation is 2. The summed E-state index contributed by atoms with van der Waals surface area (Å²) in [5, 5.41) is 6.23. The second-order valence-corrected chi connectivity index (χ2v) is 8.80. The molecule has 30 heavy (non-hydrogen) atoms. The first-order chi connectivity index (χ1) is 14.6. The minimum atomic E-state index is -0.0829. The van der Waals surface area contributed by atoms with Gasteiger partial charge >= 0.3 is 0 Å². The first-order valence-electron chi connectivity index (χ1n) is 9.60. The van der Waals surface area contributed by atoms with E-state index in [-0.39, 0.29) is 11.7 Å². The fourth-order valence-electron chi connectivity index (χ4n) is 3.04. The number of aromatic nitrogens is 3. The van der Waals surface area contributed by atoms with Gasteiger partial charge in [-0.25, -0.2) is 9.97 Å². The van der Waals surface area contributed by atoms with Gasteiger partial charge in [-0.15, -0.1) is 11.3 Å². The summed E-state index contributed by atoms with van der Waals surface area (Å²) in [7, 11) is 0. The second-order valence-electron chi connectivity index (χ2n) is 6.99. The van der Waals surface area contributed by atoms with Crippen LogP contribution in [0.15, 0.2) is 71.3 Å². The normalized spacial score (nSPS) is 10.9. The maximum absolute atomic E-state index is 12.4. The lowest BCUT2D eigenvalue weighted by Gasteiger charge is -2.12. The van der Waals surface area contributed by atoms with Crippen molar-refractivity contribution in [2.45, 2.75) is 25.5 Å². The lowest BCUT2D eigenvalue weighted by molar-refractivity contribution is -0.113. The lowest BCUT2D eigenvalue weighted by Crippen LogP contribution is -2.14. The molecule has 4 rings (SSSR count). The van der Waals surface area contributed by atoms with Gasteiger partial charge in [0.1, 0.15) is 0 Å². The van der Waals surface area contributed by atoms with Crippen LogP contribution in [-0.2, 0) is 11.3 Å². The second kappa shape index (κ2) is 9.28. The highest BCUT2D eigenvalue weighted by molar-refractivity contribution is 7.99. The summed E-state index contributed by atoms with van der Waals surface area (Å²) >= 11 is 2.87. The standard InChI is InChI=1S/C23H22N4OS2/c1-16-8-10-19(11-9-16)20-12-24-23(27(20)13-18-6-4-3-5-7-18)30-15-21(28)26-22-25-17(2)14-29-22/h3-12,14H,13,15H2,1-2H3,(H,25,26,28). The van der Waals surface area contributed by atoms with Crippen LogP contribution >= 0.6 is 23.1 Å². The number of amides is 1. The van der Waals surface area contributed by atoms with Crippen LogP contribution in [0.4, 0.5) is 5.13 Å². The summed E-state index contributed by atoms with van der Waals surface area (Å²) < 4.78 is 2.17. The van der Waals surface area contributed by atoms with Gasteiger partial charge in [0.05, 0.1) is 29.9 Å². The number of carbonyl (C=O) groups excluding carboxylic acids is 1. The van der Waals surface area contributed by atoms with E-state index >= 15 is 0 Å². The van der Waals surface area contributed by atoms with Crippen LogP contribution in [0, 0.1) is 13.8 Å². The molecular weight excluding hydrogens is 412 g/mol. The molecule has 0 spiro atoms. The SMILES string of the molecule is Cc1ccc(-c2cnc(SCC(=O)Nc3nc(C)cs3)n2Cc2ccccc2)cc1. The van der Waals surface area contributed by atoms with Crippen molar-refractivity contribution < 1.29 is 4.79 Å². The van der Waals surface area contributed by atoms with E-state index in [1.165, 1.54) is 34.2 Å². The molecule has 0 aliphatic rings. The van der Waals surface area contributed by atoms with Crippen molar-refractivity contribution in [3.8, 4) is 11.3 Å². The third-order valence-corrected chi connectivity index (χ3v) is 6.41. The van der Waals surface area contributed by atoms with E-state index in [4.69, 9.17) is 0 Å². The number of imidazole rings is 1. The smallest absolute Gasteiger partial charge is 0.236 e. The van der Waals surface area contributed by atoms with Gasteiger partial charge in [-0.05, 0) is 25.0 Å². The van der Waals surface area contributed by atoms with Crippen LogP contribution in [0.3, 0.4) is 0 Å². The summed E-state index contributed by atoms with van der Waals surface area (Å²) in [5.74, 6) is 0.193. The Kier molecular flexibility index (Phi) is 6.30. The molecular formula is C23H22N4OS2. The van der Waals surface area contributed by atoms with E-state index in [0.29, 0.717) is 11.7 Å². The summed E-state index contributed by atoms with van der Waals surface area (Å²) in [5.41, 5.74) is 5.46. The Hall–Kier alpha value is -2.90. The lowest BCUT2D eigenvalue weighted by atomic mass is 10.1. The molecule has 7 heteroatoms. The number of thioether (sulfide) groups is 1. The minimum Gasteiger partial charge on any atom is -0.314 e. The Morgan fingerprint density at radius 3 is 2.57 bits per heavy atom. The van der Waals surface area contributed by atoms with Crippen LogP contribution in [0.5, 0.6) is 0 Å². The van der Waals surface area contributed by atoms with E-state index in [2.05, 4.69) is 63.2 Å². The van der Waals surface area contributed by atoms with Crippen molar-refractivity contribution in [3.05, 3.63) is 83.0 Å². The largest absolute Gasteiger partial charge is 0.314 e. The molecule has 0 aliphatic carbocycles. The minimum absolute atomic E-state index is 0.0829. The highest BCUT2D eigenvalue weighted by Crippen LogP contribution is 2.28. The van der Waals surface area contributed by atoms with Gasteiger partial charge in [-0.1, -0.05) is 71.9 Å². The molecule has 152 valence electrons. The monoisotopic (exact) mass is 434 g/mol. The van der Waals surface area contributed by atoms with Gasteiger partial charge in [0, 0.05) is 5.38 Å². The quantitative estimate of drug-likeness (QED) is 0.396. The van der Waals surface area contributed by atoms with Crippen molar-refractivity contribution in [1.29, 1.82) is 0 Å². The topological polar surface area (TPSA) is 59.8 Å². The number of hydrogen-bond donors (Lipinski definition) is 1. The number of rotatable bonds is 7. The molecule has 0 atom stereocenters. The number of benzene rings is 2. The number of carbonyl (C=O) groups is 1. The third kappa shape index (κ3) is 4.98. The molecule has 4 aromatic rings. The van der Waals surface area contributed by atoms with E-state index in [9.17, 15) is 4.79 Å². The molecule has 0 bridgehead atoms. The Labute approximate surface area is 184 Å². The molecule has 2 heterocycles. The summed E-state index contributed by atoms with van der Waals surface area (Å²) in [6.45, 7) is 4.68. The van der Waals surface area contributed by atoms with Gasteiger partial charge in [0.15, 0.2) is 10.3 Å². The van der Waals surface area contributed by atoms with Gasteiger partial charge in [-0.3, -0.25) is 4.79 Å². The third-order valence-electron chi connectivity index (χ3n) is 4.55. The van der Waals surface area contributed by atoms with Crippen LogP contribution in [0.25, 0.3) is 11.3 Å². The van der Waals surface area contributed by atoms with E-state index < -0.39 is 0 Å². The van der Waals surface area contributed by atoms with Gasteiger partial charge in [-0.2, -0.15) is 0 Å². The van der Waals surface area contributed by atoms with Crippen molar-refractivity contribution >= 4 is 34.1 Å². The first kappa shape index (κ1) is 20.4. The van der Waals surface area contributed by atoms with E-state index in [0.717, 1.165) is 22.1 Å². The van der Waals surface area contributed by atoms with Gasteiger partial charge < -0.3 is 9.88 Å². The molecule has 0 saturated heterocycles. The van der Waals surface area contributed by atoms with Crippen molar-refractivity contribution in [1.82, 2.24) is 14.5 Å². The predicted octanol–water partition coefficient (Wildman–Crippen LogP) is 5.40. The predicted molar refractivity (Wildman–Crippen MR) is 124 cm³/mol. The average molecular weight is 435 g/mol. The Morgan fingerprint density at radius 1 is 1.10 bits per heavy atom. The van der Waals surface area contributed by atoms with Crippen LogP contribution in [-0.4, -0.2) is 26.2 Å². The van der Waals surface area contributed by atoms with Crippen LogP contribution in [0.1, 0.15) is 16.8 Å². The Bertz CT molecular complexity index is 1130. The Morgan fingerprint density at radius 2 is 1.87 bits per heavy atom. The number of thiazole rings is 1. The number of hydrogen-bond acceptors (Lipinski definition) is 5. The zero-order chi connectivity index (χ0) is 20.9. The van der Waals surface area contributed by atoms with Crippen molar-refractivity contribution in [2.75, 3.05) is 11.1 Å². The maximum atomic E-state index is 12.4. The zero-order valence-electron chi connectivity index (χ0n) is 16.8. The molecule has 1 amide bonds. The van der Waals surface area contributed by atoms with Crippen molar-refractivity contribution in [3.63, 3.8) is 0 Å². The fraction of sp³-hybridized carbons (Fsp3) is 0.174. The average Bonchev–Trinajstić information content (AvgIpc) is 3.34. The zero-order valence-corrected chi connectivity index (χ0v) is 18.5. The number of nitrogens with zero attached hydrogens (tertiary/aromatic N) is 3. The molecule has 0 fully saturated rings. The highest BCUT2D eigenvalue weighted by Gasteiger charge is 2.15. The number of nitrogens with one attached hydrogen (secondary N) is 1. The summed E-state index contributed by atoms with van der Waals surface area (Å²) in [4.78, 5) is 21.3. The summed E-state index contributed by atoms with van der Waals surface area (Å²) in [6, 6.07) is 18.7. The van der Waals surface area contributed by atoms with E-state index in [1.54, 1.807) is 0 Å². The molecule has 0 aliphatic heterocycles. The highest BCUT2D eigenvalue weighted by atomic mass is 32.2. The fourth-order valence-corrected chi connectivity index (χ4v) is 4.53. The molecule has 0 saturated carbocycles. The van der Waals surface area contributed by atoms with Crippen LogP contribution in [0.2, 0.25) is 0 Å². The first-order valence-corrected chi connectivity index (χ1v) is 11.5. The molecule has 0 unspecified atom stereocenters. The van der Waals surface area contributed by atoms with Gasteiger partial charge in [0.2, 0.25) is 5.91 Å². The molecule has 5 nitrogen and oxygen atoms in total. The molecule has 2 aromatic heterocycles. The van der Waals surface area contributed by atoms with Crippen molar-refractivity contribution in [2.24, 2.45) is 0 Å². The molecule has 2 aromatic carbocycles. The molecule has 1 N–H and O–H groups in total.